The highest BCUT2D eigenvalue weighted by atomic mass is 79.9. The highest BCUT2D eigenvalue weighted by molar-refractivity contribution is 9.10. The Morgan fingerprint density at radius 1 is 1.53 bits per heavy atom. The van der Waals surface area contributed by atoms with Crippen molar-refractivity contribution >= 4 is 33.2 Å². The van der Waals surface area contributed by atoms with Gasteiger partial charge in [0.1, 0.15) is 0 Å². The summed E-state index contributed by atoms with van der Waals surface area (Å²) < 4.78 is 0.955. The van der Waals surface area contributed by atoms with Gasteiger partial charge in [-0.1, -0.05) is 15.9 Å². The fourth-order valence-electron chi connectivity index (χ4n) is 1.69. The minimum Gasteiger partial charge on any atom is -0.359 e. The first-order valence-electron chi connectivity index (χ1n) is 4.75. The van der Waals surface area contributed by atoms with Crippen LogP contribution in [0.15, 0.2) is 22.7 Å². The van der Waals surface area contributed by atoms with Crippen LogP contribution in [-0.2, 0) is 4.79 Å². The number of nitrogens with zero attached hydrogens (tertiary/aromatic N) is 1. The van der Waals surface area contributed by atoms with Crippen LogP contribution >= 0.6 is 15.9 Å². The monoisotopic (exact) mass is 269 g/mol. The summed E-state index contributed by atoms with van der Waals surface area (Å²) >= 11 is 3.37. The van der Waals surface area contributed by atoms with Gasteiger partial charge < -0.3 is 16.0 Å². The molecule has 0 aromatic heterocycles. The zero-order chi connectivity index (χ0) is 10.8. The molecule has 2 rings (SSSR count). The fraction of sp³-hybridized carbons (Fsp3) is 0.300. The van der Waals surface area contributed by atoms with E-state index < -0.39 is 0 Å². The highest BCUT2D eigenvalue weighted by Crippen LogP contribution is 2.31. The van der Waals surface area contributed by atoms with Crippen molar-refractivity contribution in [3.63, 3.8) is 0 Å². The summed E-state index contributed by atoms with van der Waals surface area (Å²) in [6.45, 7) is 1.62. The van der Waals surface area contributed by atoms with Crippen molar-refractivity contribution in [3.8, 4) is 0 Å². The van der Waals surface area contributed by atoms with E-state index in [0.717, 1.165) is 15.8 Å². The fourth-order valence-corrected chi connectivity index (χ4v) is 2.05. The minimum absolute atomic E-state index is 0.00838. The molecule has 0 radical (unpaired) electrons. The Labute approximate surface area is 96.6 Å². The van der Waals surface area contributed by atoms with Crippen LogP contribution < -0.4 is 16.0 Å². The van der Waals surface area contributed by atoms with E-state index in [4.69, 9.17) is 5.73 Å². The van der Waals surface area contributed by atoms with Gasteiger partial charge in [-0.25, -0.2) is 0 Å². The molecule has 0 spiro atoms. The number of nitrogens with one attached hydrogen (secondary N) is 1. The predicted octanol–water partition coefficient (Wildman–Crippen LogP) is 1.17. The Morgan fingerprint density at radius 3 is 3.07 bits per heavy atom. The second-order valence-corrected chi connectivity index (χ2v) is 4.34. The number of amides is 1. The molecule has 15 heavy (non-hydrogen) atoms. The molecule has 4 nitrogen and oxygen atoms in total. The Morgan fingerprint density at radius 2 is 2.33 bits per heavy atom. The van der Waals surface area contributed by atoms with Gasteiger partial charge in [-0.3, -0.25) is 4.79 Å². The van der Waals surface area contributed by atoms with Crippen molar-refractivity contribution in [1.29, 1.82) is 0 Å². The van der Waals surface area contributed by atoms with Gasteiger partial charge in [-0.05, 0) is 18.2 Å². The minimum atomic E-state index is 0.00838. The number of carbonyl (C=O) groups excluding carboxylic acids is 1. The van der Waals surface area contributed by atoms with Crippen molar-refractivity contribution in [2.45, 2.75) is 0 Å². The van der Waals surface area contributed by atoms with Crippen LogP contribution in [0.3, 0.4) is 0 Å². The zero-order valence-electron chi connectivity index (χ0n) is 8.16. The van der Waals surface area contributed by atoms with Crippen molar-refractivity contribution < 1.29 is 4.79 Å². The summed E-state index contributed by atoms with van der Waals surface area (Å²) in [5.74, 6) is 0.00838. The highest BCUT2D eigenvalue weighted by Gasteiger charge is 2.20. The van der Waals surface area contributed by atoms with Crippen LogP contribution in [0.4, 0.5) is 11.4 Å². The average molecular weight is 270 g/mol. The van der Waals surface area contributed by atoms with Gasteiger partial charge in [0.15, 0.2) is 0 Å². The molecule has 0 aliphatic carbocycles. The van der Waals surface area contributed by atoms with Gasteiger partial charge in [0.25, 0.3) is 0 Å². The van der Waals surface area contributed by atoms with E-state index >= 15 is 0 Å². The molecule has 0 saturated carbocycles. The quantitative estimate of drug-likeness (QED) is 0.848. The van der Waals surface area contributed by atoms with Gasteiger partial charge in [0.2, 0.25) is 5.91 Å². The summed E-state index contributed by atoms with van der Waals surface area (Å²) in [7, 11) is 0. The van der Waals surface area contributed by atoms with E-state index in [-0.39, 0.29) is 5.91 Å². The number of halogens is 1. The number of nitrogens with two attached hydrogens (primary N) is 1. The summed E-state index contributed by atoms with van der Waals surface area (Å²) in [5, 5.41) is 2.84. The number of anilines is 2. The predicted molar refractivity (Wildman–Crippen MR) is 64.0 cm³/mol. The van der Waals surface area contributed by atoms with Gasteiger partial charge in [0, 0.05) is 17.6 Å². The Bertz CT molecular complexity index is 394. The molecule has 1 amide bonds. The van der Waals surface area contributed by atoms with Crippen LogP contribution in [0.25, 0.3) is 0 Å². The smallest absolute Gasteiger partial charge is 0.243 e. The molecule has 1 heterocycles. The topological polar surface area (TPSA) is 58.4 Å². The molecule has 80 valence electrons. The van der Waals surface area contributed by atoms with E-state index in [9.17, 15) is 4.79 Å². The maximum Gasteiger partial charge on any atom is 0.243 e. The summed E-state index contributed by atoms with van der Waals surface area (Å²) in [6, 6.07) is 5.84. The van der Waals surface area contributed by atoms with Crippen LogP contribution in [0.2, 0.25) is 0 Å². The number of fused-ring (bicyclic) bond motifs is 1. The molecule has 0 atom stereocenters. The SMILES string of the molecule is NCCN1CC(=O)Nc2cc(Br)ccc21. The molecule has 0 bridgehead atoms. The average Bonchev–Trinajstić information content (AvgIpc) is 2.17. The largest absolute Gasteiger partial charge is 0.359 e. The molecule has 0 fully saturated rings. The van der Waals surface area contributed by atoms with Gasteiger partial charge in [-0.2, -0.15) is 0 Å². The first kappa shape index (κ1) is 10.4. The van der Waals surface area contributed by atoms with E-state index in [1.165, 1.54) is 0 Å². The number of hydrogen-bond acceptors (Lipinski definition) is 3. The third kappa shape index (κ3) is 2.13. The molecule has 0 unspecified atom stereocenters. The first-order valence-corrected chi connectivity index (χ1v) is 5.54. The van der Waals surface area contributed by atoms with E-state index in [1.54, 1.807) is 0 Å². The summed E-state index contributed by atoms with van der Waals surface area (Å²) in [4.78, 5) is 13.4. The van der Waals surface area contributed by atoms with Crippen LogP contribution in [0.1, 0.15) is 0 Å². The number of benzene rings is 1. The van der Waals surface area contributed by atoms with Gasteiger partial charge >= 0.3 is 0 Å². The lowest BCUT2D eigenvalue weighted by molar-refractivity contribution is -0.115. The van der Waals surface area contributed by atoms with E-state index in [1.807, 2.05) is 23.1 Å². The van der Waals surface area contributed by atoms with Crippen LogP contribution in [0.5, 0.6) is 0 Å². The summed E-state index contributed by atoms with van der Waals surface area (Å²) in [6.07, 6.45) is 0. The Balaban J connectivity index is 2.37. The van der Waals surface area contributed by atoms with Crippen molar-refractivity contribution in [2.24, 2.45) is 5.73 Å². The molecule has 3 N–H and O–H groups in total. The molecule has 1 aliphatic heterocycles. The number of rotatable bonds is 2. The molecule has 1 aromatic carbocycles. The lowest BCUT2D eigenvalue weighted by Crippen LogP contribution is -2.40. The maximum atomic E-state index is 11.4. The second-order valence-electron chi connectivity index (χ2n) is 3.42. The van der Waals surface area contributed by atoms with Crippen LogP contribution in [0, 0.1) is 0 Å². The Kier molecular flexibility index (Phi) is 2.93. The van der Waals surface area contributed by atoms with Crippen molar-refractivity contribution in [3.05, 3.63) is 22.7 Å². The van der Waals surface area contributed by atoms with Crippen molar-refractivity contribution in [1.82, 2.24) is 0 Å². The molecule has 0 saturated heterocycles. The molecule has 5 heteroatoms. The molecular formula is C10H12BrN3O. The Hall–Kier alpha value is -1.07. The first-order chi connectivity index (χ1) is 7.20. The standard InChI is InChI=1S/C10H12BrN3O/c11-7-1-2-9-8(5-7)13-10(15)6-14(9)4-3-12/h1-2,5H,3-4,6,12H2,(H,13,15). The van der Waals surface area contributed by atoms with Gasteiger partial charge in [-0.15, -0.1) is 0 Å². The number of hydrogen-bond donors (Lipinski definition) is 2. The van der Waals surface area contributed by atoms with Crippen molar-refractivity contribution in [2.75, 3.05) is 29.9 Å². The molecule has 1 aliphatic rings. The summed E-state index contributed by atoms with van der Waals surface area (Å²) in [5.41, 5.74) is 7.38. The van der Waals surface area contributed by atoms with E-state index in [0.29, 0.717) is 19.6 Å². The van der Waals surface area contributed by atoms with Gasteiger partial charge in [0.05, 0.1) is 17.9 Å². The lowest BCUT2D eigenvalue weighted by Gasteiger charge is -2.30. The normalized spacial score (nSPS) is 14.8. The molecule has 1 aromatic rings. The maximum absolute atomic E-state index is 11.4. The lowest BCUT2D eigenvalue weighted by atomic mass is 10.2. The third-order valence-electron chi connectivity index (χ3n) is 2.31. The molecular weight excluding hydrogens is 258 g/mol. The zero-order valence-corrected chi connectivity index (χ0v) is 9.75. The third-order valence-corrected chi connectivity index (χ3v) is 2.80. The van der Waals surface area contributed by atoms with Crippen LogP contribution in [-0.4, -0.2) is 25.5 Å². The van der Waals surface area contributed by atoms with E-state index in [2.05, 4.69) is 21.2 Å². The number of carbonyl (C=O) groups is 1. The second kappa shape index (κ2) is 4.20.